The first-order valence-electron chi connectivity index (χ1n) is 5.48. The van der Waals surface area contributed by atoms with Gasteiger partial charge in [-0.15, -0.1) is 0 Å². The minimum Gasteiger partial charge on any atom is -0.497 e. The molecule has 15 heavy (non-hydrogen) atoms. The maximum atomic E-state index is 9.57. The molecular weight excluding hydrogens is 188 g/mol. The molecule has 0 heterocycles. The predicted molar refractivity (Wildman–Crippen MR) is 62.2 cm³/mol. The number of methoxy groups -OCH3 is 1. The fraction of sp³-hybridized carbons (Fsp3) is 0.538. The number of rotatable bonds is 5. The number of benzene rings is 1. The Morgan fingerprint density at radius 3 is 2.67 bits per heavy atom. The van der Waals surface area contributed by atoms with Gasteiger partial charge in [0.1, 0.15) is 5.75 Å². The molecule has 1 rings (SSSR count). The number of aliphatic hydroxyl groups is 1. The summed E-state index contributed by atoms with van der Waals surface area (Å²) in [5.74, 6) is 1.21. The molecule has 0 aliphatic carbocycles. The van der Waals surface area contributed by atoms with Gasteiger partial charge >= 0.3 is 0 Å². The van der Waals surface area contributed by atoms with Crippen molar-refractivity contribution in [2.45, 2.75) is 32.8 Å². The highest BCUT2D eigenvalue weighted by Gasteiger charge is 2.13. The first kappa shape index (κ1) is 12.1. The normalized spacial score (nSPS) is 14.7. The van der Waals surface area contributed by atoms with Crippen molar-refractivity contribution in [2.75, 3.05) is 7.11 Å². The molecule has 0 aliphatic heterocycles. The van der Waals surface area contributed by atoms with Crippen molar-refractivity contribution in [1.29, 1.82) is 0 Å². The van der Waals surface area contributed by atoms with Crippen molar-refractivity contribution in [1.82, 2.24) is 0 Å². The maximum absolute atomic E-state index is 9.57. The highest BCUT2D eigenvalue weighted by Crippen LogP contribution is 2.19. The molecule has 0 bridgehead atoms. The summed E-state index contributed by atoms with van der Waals surface area (Å²) in [6, 6.07) is 8.04. The van der Waals surface area contributed by atoms with E-state index in [-0.39, 0.29) is 6.10 Å². The Kier molecular flexibility index (Phi) is 4.63. The topological polar surface area (TPSA) is 29.5 Å². The van der Waals surface area contributed by atoms with E-state index in [2.05, 4.69) is 13.0 Å². The number of aliphatic hydroxyl groups excluding tert-OH is 1. The second-order valence-electron chi connectivity index (χ2n) is 3.96. The zero-order valence-corrected chi connectivity index (χ0v) is 9.73. The molecule has 1 N–H and O–H groups in total. The second-order valence-corrected chi connectivity index (χ2v) is 3.96. The van der Waals surface area contributed by atoms with Gasteiger partial charge in [0.2, 0.25) is 0 Å². The summed E-state index contributed by atoms with van der Waals surface area (Å²) in [7, 11) is 1.67. The predicted octanol–water partition coefficient (Wildman–Crippen LogP) is 2.64. The number of ether oxygens (including phenoxy) is 1. The van der Waals surface area contributed by atoms with E-state index in [4.69, 9.17) is 4.74 Å². The van der Waals surface area contributed by atoms with Crippen LogP contribution in [0.1, 0.15) is 25.8 Å². The van der Waals surface area contributed by atoms with Gasteiger partial charge in [0, 0.05) is 0 Å². The molecule has 0 amide bonds. The Morgan fingerprint density at radius 2 is 2.13 bits per heavy atom. The van der Waals surface area contributed by atoms with Gasteiger partial charge in [-0.25, -0.2) is 0 Å². The van der Waals surface area contributed by atoms with Gasteiger partial charge in [-0.05, 0) is 37.0 Å². The van der Waals surface area contributed by atoms with E-state index in [9.17, 15) is 5.11 Å². The van der Waals surface area contributed by atoms with Gasteiger partial charge in [0.15, 0.2) is 0 Å². The van der Waals surface area contributed by atoms with Gasteiger partial charge in [0.05, 0.1) is 13.2 Å². The first-order chi connectivity index (χ1) is 7.17. The van der Waals surface area contributed by atoms with E-state index in [1.165, 1.54) is 5.56 Å². The van der Waals surface area contributed by atoms with Gasteiger partial charge in [-0.2, -0.15) is 0 Å². The highest BCUT2D eigenvalue weighted by atomic mass is 16.5. The van der Waals surface area contributed by atoms with Crippen LogP contribution in [0.4, 0.5) is 0 Å². The summed E-state index contributed by atoms with van der Waals surface area (Å²) in [5, 5.41) is 9.57. The van der Waals surface area contributed by atoms with E-state index in [1.54, 1.807) is 7.11 Å². The van der Waals surface area contributed by atoms with Crippen LogP contribution >= 0.6 is 0 Å². The molecule has 0 saturated carbocycles. The minimum atomic E-state index is -0.249. The lowest BCUT2D eigenvalue weighted by atomic mass is 9.92. The average molecular weight is 208 g/mol. The zero-order valence-electron chi connectivity index (χ0n) is 9.73. The van der Waals surface area contributed by atoms with Crippen LogP contribution in [0.5, 0.6) is 5.75 Å². The first-order valence-corrected chi connectivity index (χ1v) is 5.48. The summed E-state index contributed by atoms with van der Waals surface area (Å²) >= 11 is 0. The number of hydrogen-bond acceptors (Lipinski definition) is 2. The van der Waals surface area contributed by atoms with Gasteiger partial charge in [0.25, 0.3) is 0 Å². The van der Waals surface area contributed by atoms with Crippen molar-refractivity contribution in [2.24, 2.45) is 5.92 Å². The molecule has 1 aromatic carbocycles. The number of hydrogen-bond donors (Lipinski definition) is 1. The van der Waals surface area contributed by atoms with E-state index in [0.717, 1.165) is 18.6 Å². The minimum absolute atomic E-state index is 0.249. The van der Waals surface area contributed by atoms with E-state index < -0.39 is 0 Å². The summed E-state index contributed by atoms with van der Waals surface area (Å²) in [4.78, 5) is 0. The van der Waals surface area contributed by atoms with Crippen LogP contribution in [0.25, 0.3) is 0 Å². The Bertz CT molecular complexity index is 294. The zero-order chi connectivity index (χ0) is 11.3. The van der Waals surface area contributed by atoms with E-state index in [0.29, 0.717) is 5.92 Å². The standard InChI is InChI=1S/C13H20O2/c1-4-12(10(2)14)8-11-6-5-7-13(9-11)15-3/h5-7,9-10,12,14H,4,8H2,1-3H3. The van der Waals surface area contributed by atoms with Crippen molar-refractivity contribution in [3.05, 3.63) is 29.8 Å². The second kappa shape index (κ2) is 5.76. The molecule has 0 aliphatic rings. The van der Waals surface area contributed by atoms with Crippen LogP contribution in [0.2, 0.25) is 0 Å². The third kappa shape index (κ3) is 3.56. The van der Waals surface area contributed by atoms with Crippen LogP contribution in [0.15, 0.2) is 24.3 Å². The van der Waals surface area contributed by atoms with E-state index in [1.807, 2.05) is 25.1 Å². The van der Waals surface area contributed by atoms with Crippen molar-refractivity contribution < 1.29 is 9.84 Å². The Morgan fingerprint density at radius 1 is 1.40 bits per heavy atom. The van der Waals surface area contributed by atoms with Gasteiger partial charge in [-0.3, -0.25) is 0 Å². The largest absolute Gasteiger partial charge is 0.497 e. The lowest BCUT2D eigenvalue weighted by Crippen LogP contribution is -2.18. The molecule has 0 aromatic heterocycles. The SMILES string of the molecule is CCC(Cc1cccc(OC)c1)C(C)O. The molecule has 0 saturated heterocycles. The summed E-state index contributed by atoms with van der Waals surface area (Å²) < 4.78 is 5.17. The van der Waals surface area contributed by atoms with Crippen LogP contribution in [-0.4, -0.2) is 18.3 Å². The molecule has 0 fully saturated rings. The van der Waals surface area contributed by atoms with Crippen LogP contribution in [0.3, 0.4) is 0 Å². The molecule has 2 atom stereocenters. The molecule has 0 spiro atoms. The van der Waals surface area contributed by atoms with Crippen LogP contribution in [-0.2, 0) is 6.42 Å². The lowest BCUT2D eigenvalue weighted by molar-refractivity contribution is 0.123. The smallest absolute Gasteiger partial charge is 0.119 e. The summed E-state index contributed by atoms with van der Waals surface area (Å²) in [5.41, 5.74) is 1.22. The van der Waals surface area contributed by atoms with Crippen LogP contribution in [0, 0.1) is 5.92 Å². The van der Waals surface area contributed by atoms with Crippen molar-refractivity contribution in [3.63, 3.8) is 0 Å². The third-order valence-corrected chi connectivity index (χ3v) is 2.84. The molecule has 2 heteroatoms. The lowest BCUT2D eigenvalue weighted by Gasteiger charge is -2.18. The Balaban J connectivity index is 2.70. The van der Waals surface area contributed by atoms with Crippen molar-refractivity contribution in [3.8, 4) is 5.75 Å². The summed E-state index contributed by atoms with van der Waals surface area (Å²) in [6.07, 6.45) is 1.65. The molecule has 84 valence electrons. The molecule has 2 nitrogen and oxygen atoms in total. The quantitative estimate of drug-likeness (QED) is 0.806. The Labute approximate surface area is 91.9 Å². The van der Waals surface area contributed by atoms with Crippen LogP contribution < -0.4 is 4.74 Å². The van der Waals surface area contributed by atoms with E-state index >= 15 is 0 Å². The van der Waals surface area contributed by atoms with Crippen molar-refractivity contribution >= 4 is 0 Å². The monoisotopic (exact) mass is 208 g/mol. The highest BCUT2D eigenvalue weighted by molar-refractivity contribution is 5.28. The van der Waals surface area contributed by atoms with Gasteiger partial charge in [-0.1, -0.05) is 25.5 Å². The summed E-state index contributed by atoms with van der Waals surface area (Å²) in [6.45, 7) is 3.96. The molecule has 2 unspecified atom stereocenters. The van der Waals surface area contributed by atoms with Gasteiger partial charge < -0.3 is 9.84 Å². The molecule has 0 radical (unpaired) electrons. The average Bonchev–Trinajstić information content (AvgIpc) is 2.25. The third-order valence-electron chi connectivity index (χ3n) is 2.84. The fourth-order valence-corrected chi connectivity index (χ4v) is 1.76. The maximum Gasteiger partial charge on any atom is 0.119 e. The molecule has 1 aromatic rings. The Hall–Kier alpha value is -1.02. The molecular formula is C13H20O2. The fourth-order valence-electron chi connectivity index (χ4n) is 1.76.